The number of aromatic amines is 1. The Morgan fingerprint density at radius 2 is 2.05 bits per heavy atom. The number of hydrogen-bond acceptors (Lipinski definition) is 2. The molecule has 102 valence electrons. The topological polar surface area (TPSA) is 56.6 Å². The fourth-order valence-electron chi connectivity index (χ4n) is 2.44. The fourth-order valence-corrected chi connectivity index (χ4v) is 2.44. The number of carbonyl (C=O) groups is 1. The Bertz CT molecular complexity index is 903. The van der Waals surface area contributed by atoms with Crippen LogP contribution >= 0.6 is 0 Å². The number of nitrogens with zero attached hydrogens (tertiary/aromatic N) is 1. The highest BCUT2D eigenvalue weighted by Gasteiger charge is 2.18. The standard InChI is InChI=1S/C17H11FN2O/c1-10-5-6-12(18)7-13(10)17(21)14-9-20-15-4-2-3-11(8-19)16(14)15/h2-7,9,20H,1H3. The molecular formula is C17H11FN2O. The van der Waals surface area contributed by atoms with Gasteiger partial charge in [0.05, 0.1) is 11.6 Å². The first-order valence-electron chi connectivity index (χ1n) is 6.43. The van der Waals surface area contributed by atoms with Crippen molar-refractivity contribution in [2.45, 2.75) is 6.92 Å². The third-order valence-corrected chi connectivity index (χ3v) is 3.52. The third kappa shape index (κ3) is 2.09. The van der Waals surface area contributed by atoms with Crippen LogP contribution in [0.25, 0.3) is 10.9 Å². The number of rotatable bonds is 2. The van der Waals surface area contributed by atoms with E-state index >= 15 is 0 Å². The summed E-state index contributed by atoms with van der Waals surface area (Å²) in [5.41, 5.74) is 2.53. The molecule has 1 N–H and O–H groups in total. The Morgan fingerprint density at radius 3 is 2.81 bits per heavy atom. The zero-order valence-corrected chi connectivity index (χ0v) is 11.3. The Balaban J connectivity index is 2.24. The summed E-state index contributed by atoms with van der Waals surface area (Å²) >= 11 is 0. The smallest absolute Gasteiger partial charge is 0.195 e. The third-order valence-electron chi connectivity index (χ3n) is 3.52. The number of aryl methyl sites for hydroxylation is 1. The number of nitriles is 1. The Morgan fingerprint density at radius 1 is 1.24 bits per heavy atom. The molecule has 0 aliphatic carbocycles. The van der Waals surface area contributed by atoms with Gasteiger partial charge in [-0.25, -0.2) is 4.39 Å². The lowest BCUT2D eigenvalue weighted by molar-refractivity contribution is 0.103. The van der Waals surface area contributed by atoms with Crippen molar-refractivity contribution in [3.63, 3.8) is 0 Å². The second-order valence-electron chi connectivity index (χ2n) is 4.83. The number of hydrogen-bond donors (Lipinski definition) is 1. The van der Waals surface area contributed by atoms with E-state index in [0.29, 0.717) is 33.2 Å². The molecule has 2 aromatic carbocycles. The number of nitrogens with one attached hydrogen (secondary N) is 1. The highest BCUT2D eigenvalue weighted by atomic mass is 19.1. The molecule has 0 aliphatic heterocycles. The first kappa shape index (κ1) is 13.1. The molecule has 0 unspecified atom stereocenters. The number of fused-ring (bicyclic) bond motifs is 1. The summed E-state index contributed by atoms with van der Waals surface area (Å²) < 4.78 is 13.4. The van der Waals surface area contributed by atoms with Crippen molar-refractivity contribution in [1.82, 2.24) is 4.98 Å². The zero-order chi connectivity index (χ0) is 15.0. The molecule has 21 heavy (non-hydrogen) atoms. The van der Waals surface area contributed by atoms with E-state index in [-0.39, 0.29) is 5.78 Å². The van der Waals surface area contributed by atoms with E-state index in [1.807, 2.05) is 0 Å². The van der Waals surface area contributed by atoms with E-state index in [9.17, 15) is 14.4 Å². The molecule has 0 aliphatic rings. The van der Waals surface area contributed by atoms with Gasteiger partial charge in [-0.1, -0.05) is 12.1 Å². The van der Waals surface area contributed by atoms with Crippen molar-refractivity contribution in [2.75, 3.05) is 0 Å². The molecular weight excluding hydrogens is 267 g/mol. The van der Waals surface area contributed by atoms with Gasteiger partial charge in [0.1, 0.15) is 5.82 Å². The summed E-state index contributed by atoms with van der Waals surface area (Å²) in [6.07, 6.45) is 1.57. The van der Waals surface area contributed by atoms with E-state index in [1.54, 1.807) is 37.4 Å². The van der Waals surface area contributed by atoms with Crippen molar-refractivity contribution in [3.05, 3.63) is 70.7 Å². The molecule has 1 aromatic heterocycles. The molecule has 0 saturated heterocycles. The van der Waals surface area contributed by atoms with Crippen LogP contribution in [0.2, 0.25) is 0 Å². The highest BCUT2D eigenvalue weighted by Crippen LogP contribution is 2.25. The lowest BCUT2D eigenvalue weighted by Gasteiger charge is -2.05. The average Bonchev–Trinajstić information content (AvgIpc) is 2.93. The fraction of sp³-hybridized carbons (Fsp3) is 0.0588. The molecule has 3 aromatic rings. The number of H-pyrrole nitrogens is 1. The quantitative estimate of drug-likeness (QED) is 0.726. The molecule has 0 atom stereocenters. The van der Waals surface area contributed by atoms with Crippen LogP contribution in [-0.4, -0.2) is 10.8 Å². The zero-order valence-electron chi connectivity index (χ0n) is 11.3. The van der Waals surface area contributed by atoms with Gasteiger partial charge in [-0.05, 0) is 36.8 Å². The molecule has 0 fully saturated rings. The number of ketones is 1. The van der Waals surface area contributed by atoms with E-state index < -0.39 is 5.82 Å². The summed E-state index contributed by atoms with van der Waals surface area (Å²) in [6.45, 7) is 1.76. The molecule has 3 rings (SSSR count). The first-order chi connectivity index (χ1) is 10.1. The molecule has 0 radical (unpaired) electrons. The van der Waals surface area contributed by atoms with Gasteiger partial charge in [0.25, 0.3) is 0 Å². The Hall–Kier alpha value is -2.93. The van der Waals surface area contributed by atoms with E-state index in [4.69, 9.17) is 0 Å². The molecule has 3 nitrogen and oxygen atoms in total. The van der Waals surface area contributed by atoms with Gasteiger partial charge in [-0.3, -0.25) is 4.79 Å². The van der Waals surface area contributed by atoms with Crippen LogP contribution in [0, 0.1) is 24.1 Å². The number of carbonyl (C=O) groups excluding carboxylic acids is 1. The summed E-state index contributed by atoms with van der Waals surface area (Å²) in [6, 6.07) is 11.4. The number of aromatic nitrogens is 1. The average molecular weight is 278 g/mol. The molecule has 0 saturated carbocycles. The molecule has 0 bridgehead atoms. The summed E-state index contributed by atoms with van der Waals surface area (Å²) in [4.78, 5) is 15.6. The predicted octanol–water partition coefficient (Wildman–Crippen LogP) is 3.72. The van der Waals surface area contributed by atoms with Gasteiger partial charge < -0.3 is 4.98 Å². The van der Waals surface area contributed by atoms with Crippen LogP contribution < -0.4 is 0 Å². The van der Waals surface area contributed by atoms with Crippen molar-refractivity contribution < 1.29 is 9.18 Å². The predicted molar refractivity (Wildman–Crippen MR) is 77.6 cm³/mol. The minimum Gasteiger partial charge on any atom is -0.360 e. The van der Waals surface area contributed by atoms with Crippen LogP contribution in [-0.2, 0) is 0 Å². The highest BCUT2D eigenvalue weighted by molar-refractivity contribution is 6.17. The minimum atomic E-state index is -0.454. The van der Waals surface area contributed by atoms with Crippen LogP contribution in [0.4, 0.5) is 4.39 Å². The summed E-state index contributed by atoms with van der Waals surface area (Å²) in [7, 11) is 0. The first-order valence-corrected chi connectivity index (χ1v) is 6.43. The van der Waals surface area contributed by atoms with Crippen molar-refractivity contribution in [3.8, 4) is 6.07 Å². The van der Waals surface area contributed by atoms with Gasteiger partial charge >= 0.3 is 0 Å². The number of benzene rings is 2. The summed E-state index contributed by atoms with van der Waals surface area (Å²) in [5.74, 6) is -0.745. The summed E-state index contributed by atoms with van der Waals surface area (Å²) in [5, 5.41) is 9.77. The van der Waals surface area contributed by atoms with E-state index in [1.165, 1.54) is 12.1 Å². The van der Waals surface area contributed by atoms with Crippen molar-refractivity contribution in [1.29, 1.82) is 5.26 Å². The van der Waals surface area contributed by atoms with E-state index in [2.05, 4.69) is 11.1 Å². The second-order valence-corrected chi connectivity index (χ2v) is 4.83. The van der Waals surface area contributed by atoms with Crippen LogP contribution in [0.1, 0.15) is 27.0 Å². The number of halogens is 1. The van der Waals surface area contributed by atoms with Gasteiger partial charge in [-0.15, -0.1) is 0 Å². The lowest BCUT2D eigenvalue weighted by Crippen LogP contribution is -2.04. The largest absolute Gasteiger partial charge is 0.360 e. The van der Waals surface area contributed by atoms with Crippen molar-refractivity contribution >= 4 is 16.7 Å². The van der Waals surface area contributed by atoms with Gasteiger partial charge in [0.2, 0.25) is 0 Å². The Kier molecular flexibility index (Phi) is 3.03. The maximum absolute atomic E-state index is 13.4. The van der Waals surface area contributed by atoms with Crippen LogP contribution in [0.15, 0.2) is 42.6 Å². The maximum atomic E-state index is 13.4. The van der Waals surface area contributed by atoms with Gasteiger partial charge in [0.15, 0.2) is 5.78 Å². The molecule has 4 heteroatoms. The lowest BCUT2D eigenvalue weighted by atomic mass is 9.97. The van der Waals surface area contributed by atoms with Crippen molar-refractivity contribution in [2.24, 2.45) is 0 Å². The van der Waals surface area contributed by atoms with Gasteiger partial charge in [-0.2, -0.15) is 5.26 Å². The van der Waals surface area contributed by atoms with Crippen LogP contribution in [0.5, 0.6) is 0 Å². The van der Waals surface area contributed by atoms with Crippen LogP contribution in [0.3, 0.4) is 0 Å². The normalized spacial score (nSPS) is 10.5. The Labute approximate surface area is 120 Å². The maximum Gasteiger partial charge on any atom is 0.195 e. The molecule has 0 amide bonds. The van der Waals surface area contributed by atoms with Gasteiger partial charge in [0, 0.05) is 28.2 Å². The monoisotopic (exact) mass is 278 g/mol. The van der Waals surface area contributed by atoms with E-state index in [0.717, 1.165) is 0 Å². The molecule has 0 spiro atoms. The SMILES string of the molecule is Cc1ccc(F)cc1C(=O)c1c[nH]c2cccc(C#N)c12. The second kappa shape index (κ2) is 4.88. The molecule has 1 heterocycles. The minimum absolute atomic E-state index is 0.291.